The fourth-order valence-electron chi connectivity index (χ4n) is 2.61. The third-order valence-corrected chi connectivity index (χ3v) is 3.52. The molecule has 1 heterocycles. The van der Waals surface area contributed by atoms with E-state index < -0.39 is 0 Å². The van der Waals surface area contributed by atoms with Crippen molar-refractivity contribution in [2.24, 2.45) is 0 Å². The molecule has 0 radical (unpaired) electrons. The van der Waals surface area contributed by atoms with Crippen LogP contribution in [0.25, 0.3) is 0 Å². The molecule has 1 aromatic heterocycles. The molecular weight excluding hydrogens is 222 g/mol. The molecule has 1 aromatic rings. The summed E-state index contributed by atoms with van der Waals surface area (Å²) in [6.45, 7) is 3.12. The van der Waals surface area contributed by atoms with Crippen molar-refractivity contribution in [3.05, 3.63) is 35.9 Å². The first-order valence-corrected chi connectivity index (χ1v) is 7.09. The molecule has 1 unspecified atom stereocenters. The normalized spacial score (nSPS) is 18.6. The zero-order chi connectivity index (χ0) is 12.6. The molecule has 0 aliphatic heterocycles. The van der Waals surface area contributed by atoms with Gasteiger partial charge in [-0.05, 0) is 32.2 Å². The summed E-state index contributed by atoms with van der Waals surface area (Å²) in [7, 11) is 0. The molecule has 0 amide bonds. The summed E-state index contributed by atoms with van der Waals surface area (Å²) in [5, 5.41) is 3.57. The minimum Gasteiger partial charge on any atom is -0.307 e. The molecule has 0 aromatic carbocycles. The van der Waals surface area contributed by atoms with Crippen LogP contribution in [0.4, 0.5) is 0 Å². The largest absolute Gasteiger partial charge is 0.307 e. The van der Waals surface area contributed by atoms with Gasteiger partial charge in [0, 0.05) is 18.0 Å². The second-order valence-electron chi connectivity index (χ2n) is 4.89. The average Bonchev–Trinajstić information content (AvgIpc) is 2.38. The lowest BCUT2D eigenvalue weighted by Crippen LogP contribution is -2.23. The molecule has 1 aliphatic carbocycles. The predicted molar refractivity (Wildman–Crippen MR) is 74.2 cm³/mol. The molecule has 0 fully saturated rings. The number of hydrogen-bond donors (Lipinski definition) is 1. The van der Waals surface area contributed by atoms with Crippen LogP contribution in [0, 0.1) is 0 Å². The molecule has 0 saturated heterocycles. The van der Waals surface area contributed by atoms with Crippen molar-refractivity contribution < 1.29 is 0 Å². The SMILES string of the molecule is CCNC(C1=CCCCCCC1)c1cncnc1. The van der Waals surface area contributed by atoms with E-state index in [0.29, 0.717) is 6.04 Å². The van der Waals surface area contributed by atoms with E-state index in [1.165, 1.54) is 49.7 Å². The van der Waals surface area contributed by atoms with Gasteiger partial charge in [-0.1, -0.05) is 31.4 Å². The second kappa shape index (κ2) is 7.27. The van der Waals surface area contributed by atoms with Gasteiger partial charge in [-0.3, -0.25) is 0 Å². The van der Waals surface area contributed by atoms with E-state index in [1.54, 1.807) is 6.33 Å². The molecule has 1 atom stereocenters. The number of likely N-dealkylation sites (N-methyl/N-ethyl adjacent to an activating group) is 1. The van der Waals surface area contributed by atoms with E-state index in [9.17, 15) is 0 Å². The molecule has 1 aliphatic rings. The standard InChI is InChI=1S/C15H23N3/c1-2-18-15(14-10-16-12-17-11-14)13-8-6-4-3-5-7-9-13/h8,10-12,15,18H,2-7,9H2,1H3. The van der Waals surface area contributed by atoms with E-state index in [0.717, 1.165) is 6.54 Å². The lowest BCUT2D eigenvalue weighted by atomic mass is 9.92. The Hall–Kier alpha value is -1.22. The molecular formula is C15H23N3. The number of nitrogens with zero attached hydrogens (tertiary/aromatic N) is 2. The van der Waals surface area contributed by atoms with Crippen LogP contribution in [0.1, 0.15) is 57.1 Å². The quantitative estimate of drug-likeness (QED) is 0.826. The minimum atomic E-state index is 0.300. The molecule has 3 heteroatoms. The maximum Gasteiger partial charge on any atom is 0.115 e. The van der Waals surface area contributed by atoms with Gasteiger partial charge in [0.2, 0.25) is 0 Å². The topological polar surface area (TPSA) is 37.8 Å². The van der Waals surface area contributed by atoms with Crippen LogP contribution < -0.4 is 5.32 Å². The van der Waals surface area contributed by atoms with Crippen molar-refractivity contribution in [2.75, 3.05) is 6.54 Å². The lowest BCUT2D eigenvalue weighted by molar-refractivity contribution is 0.552. The van der Waals surface area contributed by atoms with Crippen LogP contribution in [0.15, 0.2) is 30.4 Å². The minimum absolute atomic E-state index is 0.300. The predicted octanol–water partition coefficient (Wildman–Crippen LogP) is 3.41. The number of aromatic nitrogens is 2. The summed E-state index contributed by atoms with van der Waals surface area (Å²) in [6, 6.07) is 0.300. The fraction of sp³-hybridized carbons (Fsp3) is 0.600. The molecule has 0 bridgehead atoms. The van der Waals surface area contributed by atoms with Gasteiger partial charge in [-0.15, -0.1) is 0 Å². The number of hydrogen-bond acceptors (Lipinski definition) is 3. The molecule has 0 saturated carbocycles. The van der Waals surface area contributed by atoms with E-state index in [1.807, 2.05) is 12.4 Å². The van der Waals surface area contributed by atoms with Gasteiger partial charge in [0.25, 0.3) is 0 Å². The summed E-state index contributed by atoms with van der Waals surface area (Å²) in [6.07, 6.45) is 15.7. The van der Waals surface area contributed by atoms with Crippen molar-refractivity contribution in [3.63, 3.8) is 0 Å². The van der Waals surface area contributed by atoms with Crippen LogP contribution in [-0.2, 0) is 0 Å². The number of rotatable bonds is 4. The first-order chi connectivity index (χ1) is 8.92. The van der Waals surface area contributed by atoms with Gasteiger partial charge in [0.1, 0.15) is 6.33 Å². The van der Waals surface area contributed by atoms with Gasteiger partial charge < -0.3 is 5.32 Å². The zero-order valence-electron chi connectivity index (χ0n) is 11.2. The molecule has 18 heavy (non-hydrogen) atoms. The van der Waals surface area contributed by atoms with Gasteiger partial charge in [-0.2, -0.15) is 0 Å². The Kier molecular flexibility index (Phi) is 5.34. The third-order valence-electron chi connectivity index (χ3n) is 3.52. The summed E-state index contributed by atoms with van der Waals surface area (Å²) in [4.78, 5) is 8.29. The average molecular weight is 245 g/mol. The van der Waals surface area contributed by atoms with Crippen molar-refractivity contribution in [1.82, 2.24) is 15.3 Å². The summed E-state index contributed by atoms with van der Waals surface area (Å²) in [5.74, 6) is 0. The third kappa shape index (κ3) is 3.64. The molecule has 98 valence electrons. The molecule has 2 rings (SSSR count). The van der Waals surface area contributed by atoms with Crippen LogP contribution >= 0.6 is 0 Å². The zero-order valence-corrected chi connectivity index (χ0v) is 11.2. The van der Waals surface area contributed by atoms with Crippen molar-refractivity contribution in [2.45, 2.75) is 51.5 Å². The Bertz CT molecular complexity index is 373. The summed E-state index contributed by atoms with van der Waals surface area (Å²) in [5.41, 5.74) is 2.71. The molecule has 0 spiro atoms. The summed E-state index contributed by atoms with van der Waals surface area (Å²) >= 11 is 0. The van der Waals surface area contributed by atoms with E-state index in [-0.39, 0.29) is 0 Å². The molecule has 3 nitrogen and oxygen atoms in total. The Morgan fingerprint density at radius 1 is 1.17 bits per heavy atom. The Morgan fingerprint density at radius 2 is 1.94 bits per heavy atom. The van der Waals surface area contributed by atoms with Gasteiger partial charge in [0.05, 0.1) is 6.04 Å². The van der Waals surface area contributed by atoms with Crippen molar-refractivity contribution in [1.29, 1.82) is 0 Å². The number of allylic oxidation sites excluding steroid dienone is 1. The number of nitrogens with one attached hydrogen (secondary N) is 1. The van der Waals surface area contributed by atoms with Crippen LogP contribution in [0.5, 0.6) is 0 Å². The Balaban J connectivity index is 2.17. The van der Waals surface area contributed by atoms with Crippen LogP contribution in [0.2, 0.25) is 0 Å². The summed E-state index contributed by atoms with van der Waals surface area (Å²) < 4.78 is 0. The van der Waals surface area contributed by atoms with Gasteiger partial charge >= 0.3 is 0 Å². The maximum absolute atomic E-state index is 4.15. The Labute approximate surface area is 110 Å². The van der Waals surface area contributed by atoms with Crippen molar-refractivity contribution in [3.8, 4) is 0 Å². The monoisotopic (exact) mass is 245 g/mol. The fourth-order valence-corrected chi connectivity index (χ4v) is 2.61. The molecule has 1 N–H and O–H groups in total. The van der Waals surface area contributed by atoms with Crippen LogP contribution in [0.3, 0.4) is 0 Å². The smallest absolute Gasteiger partial charge is 0.115 e. The van der Waals surface area contributed by atoms with E-state index >= 15 is 0 Å². The first-order valence-electron chi connectivity index (χ1n) is 7.09. The maximum atomic E-state index is 4.15. The van der Waals surface area contributed by atoms with Crippen LogP contribution in [-0.4, -0.2) is 16.5 Å². The van der Waals surface area contributed by atoms with Gasteiger partial charge in [0.15, 0.2) is 0 Å². The first kappa shape index (κ1) is 13.2. The van der Waals surface area contributed by atoms with E-state index in [4.69, 9.17) is 0 Å². The Morgan fingerprint density at radius 3 is 2.72 bits per heavy atom. The highest BCUT2D eigenvalue weighted by Gasteiger charge is 2.16. The van der Waals surface area contributed by atoms with E-state index in [2.05, 4.69) is 28.3 Å². The highest BCUT2D eigenvalue weighted by molar-refractivity contribution is 5.24. The second-order valence-corrected chi connectivity index (χ2v) is 4.89. The highest BCUT2D eigenvalue weighted by Crippen LogP contribution is 2.27. The lowest BCUT2D eigenvalue weighted by Gasteiger charge is -2.23. The van der Waals surface area contributed by atoms with Gasteiger partial charge in [-0.25, -0.2) is 9.97 Å². The highest BCUT2D eigenvalue weighted by atomic mass is 14.9. The van der Waals surface area contributed by atoms with Crippen molar-refractivity contribution >= 4 is 0 Å².